The average Bonchev–Trinajstić information content (AvgIpc) is 2.56. The molecule has 1 unspecified atom stereocenters. The van der Waals surface area contributed by atoms with Gasteiger partial charge in [0, 0.05) is 11.1 Å². The fourth-order valence-corrected chi connectivity index (χ4v) is 3.23. The van der Waals surface area contributed by atoms with Gasteiger partial charge in [-0.25, -0.2) is 4.21 Å². The van der Waals surface area contributed by atoms with E-state index in [2.05, 4.69) is 5.32 Å². The van der Waals surface area contributed by atoms with Crippen molar-refractivity contribution >= 4 is 33.4 Å². The summed E-state index contributed by atoms with van der Waals surface area (Å²) >= 11 is -2.06. The van der Waals surface area contributed by atoms with Crippen LogP contribution in [0, 0.1) is 6.92 Å². The molecular formula is C19H17NO3S. The van der Waals surface area contributed by atoms with Gasteiger partial charge in [-0.05, 0) is 36.1 Å². The fraction of sp³-hybridized carbons (Fsp3) is 0.105. The number of amides is 1. The number of hydrogen-bond acceptors (Lipinski definition) is 2. The molecule has 0 aliphatic heterocycles. The average molecular weight is 339 g/mol. The lowest BCUT2D eigenvalue weighted by molar-refractivity contribution is -0.115. The molecule has 0 saturated carbocycles. The zero-order chi connectivity index (χ0) is 17.1. The third-order valence-corrected chi connectivity index (χ3v) is 4.58. The molecule has 3 rings (SSSR count). The van der Waals surface area contributed by atoms with E-state index in [1.54, 1.807) is 24.3 Å². The summed E-state index contributed by atoms with van der Waals surface area (Å²) in [5, 5.41) is 4.38. The maximum Gasteiger partial charge on any atom is 0.228 e. The monoisotopic (exact) mass is 339 g/mol. The molecule has 0 aromatic heterocycles. The lowest BCUT2D eigenvalue weighted by Gasteiger charge is -2.10. The maximum atomic E-state index is 12.3. The Labute approximate surface area is 142 Å². The molecule has 0 aliphatic rings. The largest absolute Gasteiger partial charge is 0.326 e. The van der Waals surface area contributed by atoms with Gasteiger partial charge in [0.05, 0.1) is 11.3 Å². The normalized spacial score (nSPS) is 12.1. The first-order chi connectivity index (χ1) is 11.5. The molecule has 122 valence electrons. The molecule has 0 spiro atoms. The van der Waals surface area contributed by atoms with Crippen molar-refractivity contribution in [1.29, 1.82) is 0 Å². The van der Waals surface area contributed by atoms with Crippen molar-refractivity contribution in [3.8, 4) is 0 Å². The summed E-state index contributed by atoms with van der Waals surface area (Å²) in [7, 11) is 0. The third kappa shape index (κ3) is 3.53. The summed E-state index contributed by atoms with van der Waals surface area (Å²) < 4.78 is 20.9. The molecule has 0 radical (unpaired) electrons. The Morgan fingerprint density at radius 1 is 1.00 bits per heavy atom. The van der Waals surface area contributed by atoms with Crippen LogP contribution in [0.4, 0.5) is 5.69 Å². The van der Waals surface area contributed by atoms with Crippen molar-refractivity contribution in [2.24, 2.45) is 0 Å². The topological polar surface area (TPSA) is 66.4 Å². The summed E-state index contributed by atoms with van der Waals surface area (Å²) in [4.78, 5) is 12.7. The number of carbonyl (C=O) groups is 1. The van der Waals surface area contributed by atoms with Crippen LogP contribution in [0.25, 0.3) is 10.8 Å². The van der Waals surface area contributed by atoms with Gasteiger partial charge in [0.15, 0.2) is 11.1 Å². The fourth-order valence-electron chi connectivity index (χ4n) is 2.67. The molecule has 1 amide bonds. The number of rotatable bonds is 4. The zero-order valence-corrected chi connectivity index (χ0v) is 14.0. The molecule has 1 atom stereocenters. The van der Waals surface area contributed by atoms with Crippen molar-refractivity contribution in [1.82, 2.24) is 0 Å². The SMILES string of the molecule is Cc1ccc(NC(=O)Cc2cccc3c(S(=O)O)cccc23)cc1. The number of hydrogen-bond donors (Lipinski definition) is 2. The van der Waals surface area contributed by atoms with Gasteiger partial charge in [0.25, 0.3) is 0 Å². The Morgan fingerprint density at radius 3 is 2.38 bits per heavy atom. The van der Waals surface area contributed by atoms with Gasteiger partial charge in [0.1, 0.15) is 0 Å². The van der Waals surface area contributed by atoms with Crippen molar-refractivity contribution in [3.63, 3.8) is 0 Å². The van der Waals surface area contributed by atoms with E-state index in [1.807, 2.05) is 43.3 Å². The first-order valence-electron chi connectivity index (χ1n) is 7.52. The van der Waals surface area contributed by atoms with Crippen LogP contribution in [0.2, 0.25) is 0 Å². The molecule has 0 fully saturated rings. The van der Waals surface area contributed by atoms with E-state index in [1.165, 1.54) is 0 Å². The van der Waals surface area contributed by atoms with Crippen molar-refractivity contribution in [2.75, 3.05) is 5.32 Å². The second-order valence-corrected chi connectivity index (χ2v) is 6.55. The highest BCUT2D eigenvalue weighted by atomic mass is 32.2. The molecule has 3 aromatic rings. The van der Waals surface area contributed by atoms with E-state index in [-0.39, 0.29) is 12.3 Å². The van der Waals surface area contributed by atoms with Crippen LogP contribution in [0.15, 0.2) is 65.6 Å². The highest BCUT2D eigenvalue weighted by molar-refractivity contribution is 7.79. The first kappa shape index (κ1) is 16.4. The Morgan fingerprint density at radius 2 is 1.67 bits per heavy atom. The molecule has 4 nitrogen and oxygen atoms in total. The van der Waals surface area contributed by atoms with E-state index in [0.29, 0.717) is 10.3 Å². The quantitative estimate of drug-likeness (QED) is 0.708. The number of carbonyl (C=O) groups excluding carboxylic acids is 1. The van der Waals surface area contributed by atoms with Gasteiger partial charge in [-0.2, -0.15) is 0 Å². The number of aryl methyl sites for hydroxylation is 1. The predicted molar refractivity (Wildman–Crippen MR) is 96.5 cm³/mol. The van der Waals surface area contributed by atoms with Crippen LogP contribution >= 0.6 is 0 Å². The van der Waals surface area contributed by atoms with Crippen molar-refractivity contribution in [3.05, 3.63) is 71.8 Å². The molecule has 24 heavy (non-hydrogen) atoms. The van der Waals surface area contributed by atoms with Crippen molar-refractivity contribution < 1.29 is 13.6 Å². The lowest BCUT2D eigenvalue weighted by atomic mass is 10.0. The maximum absolute atomic E-state index is 12.3. The molecular weight excluding hydrogens is 322 g/mol. The Bertz CT molecular complexity index is 920. The second kappa shape index (κ2) is 6.95. The van der Waals surface area contributed by atoms with Gasteiger partial charge in [-0.3, -0.25) is 4.79 Å². The third-order valence-electron chi connectivity index (χ3n) is 3.85. The van der Waals surface area contributed by atoms with Crippen LogP contribution in [0.1, 0.15) is 11.1 Å². The van der Waals surface area contributed by atoms with Crippen LogP contribution in [-0.4, -0.2) is 14.7 Å². The molecule has 3 aromatic carbocycles. The van der Waals surface area contributed by atoms with Crippen molar-refractivity contribution in [2.45, 2.75) is 18.2 Å². The highest BCUT2D eigenvalue weighted by Gasteiger charge is 2.11. The lowest BCUT2D eigenvalue weighted by Crippen LogP contribution is -2.14. The van der Waals surface area contributed by atoms with Gasteiger partial charge < -0.3 is 9.87 Å². The smallest absolute Gasteiger partial charge is 0.228 e. The summed E-state index contributed by atoms with van der Waals surface area (Å²) in [6, 6.07) is 18.3. The molecule has 0 heterocycles. The minimum Gasteiger partial charge on any atom is -0.326 e. The minimum absolute atomic E-state index is 0.123. The van der Waals surface area contributed by atoms with E-state index >= 15 is 0 Å². The molecule has 0 saturated heterocycles. The Hall–Kier alpha value is -2.50. The summed E-state index contributed by atoms with van der Waals surface area (Å²) in [5.41, 5.74) is 2.71. The van der Waals surface area contributed by atoms with E-state index in [9.17, 15) is 13.6 Å². The minimum atomic E-state index is -2.06. The van der Waals surface area contributed by atoms with Gasteiger partial charge in [-0.15, -0.1) is 0 Å². The van der Waals surface area contributed by atoms with Gasteiger partial charge in [0.2, 0.25) is 5.91 Å². The van der Waals surface area contributed by atoms with E-state index < -0.39 is 11.1 Å². The van der Waals surface area contributed by atoms with E-state index in [0.717, 1.165) is 22.2 Å². The first-order valence-corrected chi connectivity index (χ1v) is 8.63. The highest BCUT2D eigenvalue weighted by Crippen LogP contribution is 2.25. The standard InChI is InChI=1S/C19H17NO3S/c1-13-8-10-15(11-9-13)20-19(21)12-14-4-2-6-17-16(14)5-3-7-18(17)24(22)23/h2-11H,12H2,1H3,(H,20,21)(H,22,23). The molecule has 0 bridgehead atoms. The molecule has 2 N–H and O–H groups in total. The second-order valence-electron chi connectivity index (χ2n) is 5.61. The summed E-state index contributed by atoms with van der Waals surface area (Å²) in [6.45, 7) is 1.99. The Balaban J connectivity index is 1.87. The van der Waals surface area contributed by atoms with E-state index in [4.69, 9.17) is 0 Å². The number of anilines is 1. The summed E-state index contributed by atoms with van der Waals surface area (Å²) in [5.74, 6) is -0.123. The molecule has 0 aliphatic carbocycles. The van der Waals surface area contributed by atoms with Crippen LogP contribution in [-0.2, 0) is 22.3 Å². The predicted octanol–water partition coefficient (Wildman–Crippen LogP) is 3.91. The van der Waals surface area contributed by atoms with Crippen LogP contribution in [0.5, 0.6) is 0 Å². The van der Waals surface area contributed by atoms with Crippen LogP contribution < -0.4 is 5.32 Å². The number of fused-ring (bicyclic) bond motifs is 1. The van der Waals surface area contributed by atoms with Gasteiger partial charge in [-0.1, -0.05) is 48.0 Å². The van der Waals surface area contributed by atoms with Crippen LogP contribution in [0.3, 0.4) is 0 Å². The number of benzene rings is 3. The van der Waals surface area contributed by atoms with Gasteiger partial charge >= 0.3 is 0 Å². The molecule has 5 heteroatoms. The summed E-state index contributed by atoms with van der Waals surface area (Å²) in [6.07, 6.45) is 0.201. The zero-order valence-electron chi connectivity index (χ0n) is 13.2. The number of nitrogens with one attached hydrogen (secondary N) is 1. The Kier molecular flexibility index (Phi) is 4.74.